The third-order valence-electron chi connectivity index (χ3n) is 2.06. The molecule has 0 nitrogen and oxygen atoms in total. The van der Waals surface area contributed by atoms with Gasteiger partial charge in [0.1, 0.15) is 0 Å². The van der Waals surface area contributed by atoms with Gasteiger partial charge in [-0.15, -0.1) is 0 Å². The van der Waals surface area contributed by atoms with Gasteiger partial charge in [0.25, 0.3) is 0 Å². The molecule has 0 aromatic heterocycles. The molecule has 1 atom stereocenters. The summed E-state index contributed by atoms with van der Waals surface area (Å²) >= 11 is 0. The van der Waals surface area contributed by atoms with Gasteiger partial charge in [0.2, 0.25) is 0 Å². The molecule has 0 aliphatic heterocycles. The van der Waals surface area contributed by atoms with Crippen molar-refractivity contribution >= 4 is 22.0 Å². The second kappa shape index (κ2) is 6.68. The van der Waals surface area contributed by atoms with E-state index in [1.807, 2.05) is 7.17 Å². The van der Waals surface area contributed by atoms with Crippen LogP contribution in [0.1, 0.15) is 13.3 Å². The van der Waals surface area contributed by atoms with E-state index >= 15 is 0 Å². The van der Waals surface area contributed by atoms with Crippen LogP contribution in [0.2, 0.25) is 6.32 Å². The fourth-order valence-electron chi connectivity index (χ4n) is 1.26. The zero-order valence-electron chi connectivity index (χ0n) is 7.31. The fourth-order valence-corrected chi connectivity index (χ4v) is 1.26. The molecule has 0 spiro atoms. The summed E-state index contributed by atoms with van der Waals surface area (Å²) in [7, 11) is 8.90. The number of hydrogen-bond acceptors (Lipinski definition) is 0. The van der Waals surface area contributed by atoms with E-state index in [2.05, 4.69) is 25.2 Å². The Bertz CT molecular complexity index is 177. The average Bonchev–Trinajstić information content (AvgIpc) is 2.52. The van der Waals surface area contributed by atoms with Gasteiger partial charge in [0.15, 0.2) is 0 Å². The van der Waals surface area contributed by atoms with Crippen molar-refractivity contribution in [2.75, 3.05) is 0 Å². The quantitative estimate of drug-likeness (QED) is 0.594. The number of rotatable bonds is 4. The molecular formula is C8H11B3Fe. The van der Waals surface area contributed by atoms with Crippen LogP contribution in [0, 0.1) is 5.92 Å². The summed E-state index contributed by atoms with van der Waals surface area (Å²) in [5.41, 5.74) is 1.52. The summed E-state index contributed by atoms with van der Waals surface area (Å²) in [5.74, 6) is 0.643. The topological polar surface area (TPSA) is 0 Å². The van der Waals surface area contributed by atoms with Crippen molar-refractivity contribution in [2.45, 2.75) is 19.7 Å². The summed E-state index contributed by atoms with van der Waals surface area (Å²) in [6, 6.07) is 0. The second-order valence-corrected chi connectivity index (χ2v) is 2.94. The molecule has 0 aromatic rings. The van der Waals surface area contributed by atoms with Crippen LogP contribution in [0.5, 0.6) is 0 Å². The average molecular weight is 195 g/mol. The van der Waals surface area contributed by atoms with Crippen LogP contribution in [0.4, 0.5) is 0 Å². The molecule has 1 unspecified atom stereocenters. The van der Waals surface area contributed by atoms with E-state index < -0.39 is 0 Å². The first-order chi connectivity index (χ1) is 5.34. The maximum atomic E-state index is 5.26. The number of allylic oxidation sites excluding steroid dienone is 4. The van der Waals surface area contributed by atoms with Crippen LogP contribution in [-0.4, -0.2) is 22.0 Å². The number of hydrogen-bond donors (Lipinski definition) is 0. The molecule has 0 N–H and O–H groups in total. The molecule has 0 bridgehead atoms. The van der Waals surface area contributed by atoms with Gasteiger partial charge >= 0.3 is 0 Å². The van der Waals surface area contributed by atoms with Gasteiger partial charge in [-0.25, -0.2) is 0 Å². The van der Waals surface area contributed by atoms with Crippen molar-refractivity contribution in [3.63, 3.8) is 0 Å². The van der Waals surface area contributed by atoms with E-state index in [1.54, 1.807) is 7.06 Å². The SMILES string of the molecule is [B][B][B]CC(C)C1=CC=CC1.[Fe]. The van der Waals surface area contributed by atoms with Crippen molar-refractivity contribution in [3.8, 4) is 0 Å². The van der Waals surface area contributed by atoms with Crippen LogP contribution < -0.4 is 0 Å². The molecule has 0 saturated carbocycles. The third-order valence-corrected chi connectivity index (χ3v) is 2.06. The maximum Gasteiger partial charge on any atom is 0.0552 e. The Morgan fingerprint density at radius 3 is 2.92 bits per heavy atom. The molecule has 4 heteroatoms. The van der Waals surface area contributed by atoms with Crippen molar-refractivity contribution in [3.05, 3.63) is 23.8 Å². The fraction of sp³-hybridized carbons (Fsp3) is 0.500. The van der Waals surface area contributed by atoms with E-state index in [0.29, 0.717) is 5.92 Å². The predicted octanol–water partition coefficient (Wildman–Crippen LogP) is 1.33. The molecule has 1 rings (SSSR count). The Hall–Kier alpha value is 0.194. The monoisotopic (exact) mass is 196 g/mol. The Balaban J connectivity index is 0.00000121. The Labute approximate surface area is 88.6 Å². The van der Waals surface area contributed by atoms with Gasteiger partial charge in [-0.1, -0.05) is 37.0 Å². The molecule has 1 aliphatic rings. The summed E-state index contributed by atoms with van der Waals surface area (Å²) in [4.78, 5) is 0. The Morgan fingerprint density at radius 1 is 1.67 bits per heavy atom. The van der Waals surface area contributed by atoms with Crippen LogP contribution in [0.3, 0.4) is 0 Å². The van der Waals surface area contributed by atoms with Gasteiger partial charge < -0.3 is 0 Å². The van der Waals surface area contributed by atoms with Crippen molar-refractivity contribution in [1.29, 1.82) is 0 Å². The first-order valence-electron chi connectivity index (χ1n) is 4.07. The predicted molar refractivity (Wildman–Crippen MR) is 53.1 cm³/mol. The molecule has 0 heterocycles. The first kappa shape index (κ1) is 12.2. The van der Waals surface area contributed by atoms with Gasteiger partial charge in [0.05, 0.1) is 7.17 Å². The summed E-state index contributed by atoms with van der Waals surface area (Å²) < 4.78 is 0. The van der Waals surface area contributed by atoms with Gasteiger partial charge in [-0.2, -0.15) is 0 Å². The molecule has 12 heavy (non-hydrogen) atoms. The van der Waals surface area contributed by atoms with Crippen LogP contribution in [-0.2, 0) is 17.1 Å². The minimum atomic E-state index is 0. The van der Waals surface area contributed by atoms with E-state index in [0.717, 1.165) is 12.7 Å². The molecule has 0 amide bonds. The van der Waals surface area contributed by atoms with E-state index in [1.165, 1.54) is 5.57 Å². The molecule has 60 valence electrons. The zero-order valence-corrected chi connectivity index (χ0v) is 8.41. The largest absolute Gasteiger partial charge is 0.0833 e. The second-order valence-electron chi connectivity index (χ2n) is 2.94. The molecule has 0 fully saturated rings. The van der Waals surface area contributed by atoms with Crippen molar-refractivity contribution < 1.29 is 17.1 Å². The van der Waals surface area contributed by atoms with E-state index in [9.17, 15) is 0 Å². The summed E-state index contributed by atoms with van der Waals surface area (Å²) in [6.45, 7) is 2.23. The zero-order chi connectivity index (χ0) is 8.10. The van der Waals surface area contributed by atoms with Gasteiger partial charge in [0, 0.05) is 31.9 Å². The van der Waals surface area contributed by atoms with E-state index in [4.69, 9.17) is 7.74 Å². The van der Waals surface area contributed by atoms with Gasteiger partial charge in [-0.05, 0) is 12.3 Å². The molecule has 0 saturated heterocycles. The smallest absolute Gasteiger partial charge is 0.0552 e. The summed E-state index contributed by atoms with van der Waals surface area (Å²) in [6.07, 6.45) is 8.70. The van der Waals surface area contributed by atoms with Gasteiger partial charge in [-0.3, -0.25) is 0 Å². The minimum absolute atomic E-state index is 0. The van der Waals surface area contributed by atoms with Crippen LogP contribution in [0.15, 0.2) is 23.8 Å². The van der Waals surface area contributed by atoms with Crippen LogP contribution in [0.25, 0.3) is 0 Å². The summed E-state index contributed by atoms with van der Waals surface area (Å²) in [5, 5.41) is 0. The molecule has 4 radical (unpaired) electrons. The molecule has 0 aromatic carbocycles. The Kier molecular flexibility index (Phi) is 6.79. The van der Waals surface area contributed by atoms with E-state index in [-0.39, 0.29) is 17.1 Å². The molecular weight excluding hydrogens is 184 g/mol. The standard InChI is InChI=1S/C8H11B3.Fe/c1-7(6-10-11-9)8-4-2-3-5-8;/h2-4,7H,5-6H2,1H3;. The Morgan fingerprint density at radius 2 is 2.42 bits per heavy atom. The maximum absolute atomic E-state index is 5.26. The normalized spacial score (nSPS) is 16.2. The minimum Gasteiger partial charge on any atom is -0.0833 e. The van der Waals surface area contributed by atoms with Crippen molar-refractivity contribution in [2.24, 2.45) is 5.92 Å². The first-order valence-corrected chi connectivity index (χ1v) is 4.07. The van der Waals surface area contributed by atoms with Crippen LogP contribution >= 0.6 is 0 Å². The molecule has 1 aliphatic carbocycles. The third kappa shape index (κ3) is 3.73. The van der Waals surface area contributed by atoms with Crippen molar-refractivity contribution in [1.82, 2.24) is 0 Å².